The summed E-state index contributed by atoms with van der Waals surface area (Å²) in [5, 5.41) is 0.735. The van der Waals surface area contributed by atoms with Crippen molar-refractivity contribution in [3.8, 4) is 11.5 Å². The van der Waals surface area contributed by atoms with Gasteiger partial charge in [-0.3, -0.25) is 14.5 Å². The van der Waals surface area contributed by atoms with Crippen molar-refractivity contribution in [2.45, 2.75) is 26.4 Å². The van der Waals surface area contributed by atoms with Crippen molar-refractivity contribution in [3.63, 3.8) is 0 Å². The zero-order valence-electron chi connectivity index (χ0n) is 19.7. The highest BCUT2D eigenvalue weighted by Crippen LogP contribution is 2.39. The Labute approximate surface area is 225 Å². The van der Waals surface area contributed by atoms with E-state index in [0.717, 1.165) is 23.7 Å². The molecule has 0 saturated carbocycles. The number of hydrogen-bond acceptors (Lipinski definition) is 5. The van der Waals surface area contributed by atoms with Crippen molar-refractivity contribution in [2.24, 2.45) is 0 Å². The van der Waals surface area contributed by atoms with Crippen molar-refractivity contribution in [3.05, 3.63) is 98.4 Å². The van der Waals surface area contributed by atoms with Crippen LogP contribution in [0.4, 0.5) is 4.79 Å². The molecule has 4 rings (SSSR count). The molecule has 3 aromatic rings. The molecule has 1 aliphatic heterocycles. The van der Waals surface area contributed by atoms with E-state index >= 15 is 0 Å². The summed E-state index contributed by atoms with van der Waals surface area (Å²) < 4.78 is 11.7. The minimum absolute atomic E-state index is 0.265. The van der Waals surface area contributed by atoms with Gasteiger partial charge < -0.3 is 9.47 Å². The molecular formula is C28H25Cl2NO4S. The molecule has 0 radical (unpaired) electrons. The van der Waals surface area contributed by atoms with E-state index in [1.54, 1.807) is 30.3 Å². The Kier molecular flexibility index (Phi) is 8.97. The summed E-state index contributed by atoms with van der Waals surface area (Å²) in [7, 11) is 0. The summed E-state index contributed by atoms with van der Waals surface area (Å²) in [4.78, 5) is 27.1. The molecule has 8 heteroatoms. The zero-order chi connectivity index (χ0) is 25.5. The van der Waals surface area contributed by atoms with Gasteiger partial charge >= 0.3 is 0 Å². The van der Waals surface area contributed by atoms with E-state index in [-0.39, 0.29) is 17.8 Å². The number of rotatable bonds is 10. The van der Waals surface area contributed by atoms with Gasteiger partial charge in [0.2, 0.25) is 0 Å². The molecule has 0 bridgehead atoms. The quantitative estimate of drug-likeness (QED) is 0.247. The molecule has 0 spiro atoms. The van der Waals surface area contributed by atoms with Crippen molar-refractivity contribution in [1.82, 2.24) is 4.90 Å². The predicted molar refractivity (Wildman–Crippen MR) is 146 cm³/mol. The third-order valence-corrected chi connectivity index (χ3v) is 6.93. The standard InChI is InChI=1S/C28H25Cl2NO4S/c1-2-34-24-16-21(15-23(30)26(24)35-18-20-10-12-22(29)13-11-20)17-25-27(32)31(28(33)36-25)14-6-9-19-7-4-3-5-8-19/h3-5,7-8,10-13,15-17H,2,6,9,14,18H2,1H3/b25-17+. The maximum atomic E-state index is 12.9. The number of thioether (sulfide) groups is 1. The molecule has 3 aromatic carbocycles. The molecule has 0 aliphatic carbocycles. The fourth-order valence-electron chi connectivity index (χ4n) is 3.74. The summed E-state index contributed by atoms with van der Waals surface area (Å²) in [6.45, 7) is 2.94. The molecule has 2 amide bonds. The van der Waals surface area contributed by atoms with E-state index in [0.29, 0.717) is 51.6 Å². The average molecular weight is 542 g/mol. The Balaban J connectivity index is 1.46. The molecule has 1 saturated heterocycles. The number of benzene rings is 3. The number of halogens is 2. The first kappa shape index (κ1) is 26.1. The van der Waals surface area contributed by atoms with Crippen LogP contribution in [0, 0.1) is 0 Å². The Bertz CT molecular complexity index is 1260. The second-order valence-corrected chi connectivity index (χ2v) is 9.94. The van der Waals surface area contributed by atoms with Crippen molar-refractivity contribution >= 4 is 52.2 Å². The maximum absolute atomic E-state index is 12.9. The third-order valence-electron chi connectivity index (χ3n) is 5.49. The lowest BCUT2D eigenvalue weighted by molar-refractivity contribution is -0.122. The van der Waals surface area contributed by atoms with Crippen molar-refractivity contribution < 1.29 is 19.1 Å². The van der Waals surface area contributed by atoms with Crippen LogP contribution in [0.15, 0.2) is 71.6 Å². The normalized spacial score (nSPS) is 14.5. The highest BCUT2D eigenvalue weighted by atomic mass is 35.5. The molecular weight excluding hydrogens is 517 g/mol. The Morgan fingerprint density at radius 1 is 0.944 bits per heavy atom. The highest BCUT2D eigenvalue weighted by Gasteiger charge is 2.34. The second kappa shape index (κ2) is 12.3. The smallest absolute Gasteiger partial charge is 0.293 e. The highest BCUT2D eigenvalue weighted by molar-refractivity contribution is 8.18. The second-order valence-electron chi connectivity index (χ2n) is 8.10. The topological polar surface area (TPSA) is 55.8 Å². The van der Waals surface area contributed by atoms with E-state index < -0.39 is 0 Å². The molecule has 1 heterocycles. The van der Waals surface area contributed by atoms with Crippen LogP contribution in [0.2, 0.25) is 10.0 Å². The fourth-order valence-corrected chi connectivity index (χ4v) is 5.01. The molecule has 1 fully saturated rings. The van der Waals surface area contributed by atoms with Crippen molar-refractivity contribution in [2.75, 3.05) is 13.2 Å². The van der Waals surface area contributed by atoms with E-state index in [4.69, 9.17) is 32.7 Å². The molecule has 36 heavy (non-hydrogen) atoms. The molecule has 0 atom stereocenters. The minimum Gasteiger partial charge on any atom is -0.490 e. The van der Waals surface area contributed by atoms with Gasteiger partial charge in [-0.2, -0.15) is 0 Å². The third kappa shape index (κ3) is 6.64. The number of imide groups is 1. The number of aryl methyl sites for hydroxylation is 1. The summed E-state index contributed by atoms with van der Waals surface area (Å²) in [6.07, 6.45) is 3.17. The SMILES string of the molecule is CCOc1cc(/C=C2/SC(=O)N(CCCc3ccccc3)C2=O)cc(Cl)c1OCc1ccc(Cl)cc1. The lowest BCUT2D eigenvalue weighted by Gasteiger charge is -2.15. The Hall–Kier alpha value is -2.93. The molecule has 186 valence electrons. The average Bonchev–Trinajstić information content (AvgIpc) is 3.13. The molecule has 0 unspecified atom stereocenters. The van der Waals surface area contributed by atoms with Crippen molar-refractivity contribution in [1.29, 1.82) is 0 Å². The van der Waals surface area contributed by atoms with Gasteiger partial charge in [-0.25, -0.2) is 0 Å². The van der Waals surface area contributed by atoms with E-state index in [1.807, 2.05) is 49.4 Å². The summed E-state index contributed by atoms with van der Waals surface area (Å²) in [5.74, 6) is 0.585. The predicted octanol–water partition coefficient (Wildman–Crippen LogP) is 7.64. The van der Waals surface area contributed by atoms with Gasteiger partial charge in [0, 0.05) is 11.6 Å². The summed E-state index contributed by atoms with van der Waals surface area (Å²) in [5.41, 5.74) is 2.76. The first-order valence-corrected chi connectivity index (χ1v) is 13.1. The van der Waals surface area contributed by atoms with Crippen LogP contribution in [0.25, 0.3) is 6.08 Å². The molecule has 0 aromatic heterocycles. The number of hydrogen-bond donors (Lipinski definition) is 0. The van der Waals surface area contributed by atoms with Crippen LogP contribution in [0.1, 0.15) is 30.0 Å². The lowest BCUT2D eigenvalue weighted by Crippen LogP contribution is -2.29. The molecule has 0 N–H and O–H groups in total. The lowest BCUT2D eigenvalue weighted by atomic mass is 10.1. The summed E-state index contributed by atoms with van der Waals surface area (Å²) in [6, 6.07) is 20.8. The maximum Gasteiger partial charge on any atom is 0.293 e. The van der Waals surface area contributed by atoms with E-state index in [2.05, 4.69) is 0 Å². The van der Waals surface area contributed by atoms with E-state index in [9.17, 15) is 9.59 Å². The van der Waals surface area contributed by atoms with Gasteiger partial charge in [-0.15, -0.1) is 0 Å². The van der Waals surface area contributed by atoms with Crippen LogP contribution < -0.4 is 9.47 Å². The first-order valence-electron chi connectivity index (χ1n) is 11.6. The van der Waals surface area contributed by atoms with E-state index in [1.165, 1.54) is 10.5 Å². The van der Waals surface area contributed by atoms with Gasteiger partial charge in [0.25, 0.3) is 11.1 Å². The number of ether oxygens (including phenoxy) is 2. The number of carbonyl (C=O) groups is 2. The number of carbonyl (C=O) groups excluding carboxylic acids is 2. The molecule has 1 aliphatic rings. The van der Waals surface area contributed by atoms with Crippen LogP contribution in [0.5, 0.6) is 11.5 Å². The zero-order valence-corrected chi connectivity index (χ0v) is 22.0. The molecule has 5 nitrogen and oxygen atoms in total. The Morgan fingerprint density at radius 2 is 1.69 bits per heavy atom. The van der Waals surface area contributed by atoms with Crippen LogP contribution in [-0.4, -0.2) is 29.2 Å². The van der Waals surface area contributed by atoms with Gasteiger partial charge in [0.15, 0.2) is 11.5 Å². The van der Waals surface area contributed by atoms with Crippen LogP contribution >= 0.6 is 35.0 Å². The van der Waals surface area contributed by atoms with Gasteiger partial charge in [-0.1, -0.05) is 65.7 Å². The van der Waals surface area contributed by atoms with Crippen LogP contribution in [0.3, 0.4) is 0 Å². The monoisotopic (exact) mass is 541 g/mol. The van der Waals surface area contributed by atoms with Gasteiger partial charge in [-0.05, 0) is 78.6 Å². The Morgan fingerprint density at radius 3 is 2.42 bits per heavy atom. The van der Waals surface area contributed by atoms with Crippen LogP contribution in [-0.2, 0) is 17.8 Å². The summed E-state index contributed by atoms with van der Waals surface area (Å²) >= 11 is 13.4. The largest absolute Gasteiger partial charge is 0.490 e. The van der Waals surface area contributed by atoms with Gasteiger partial charge in [0.05, 0.1) is 16.5 Å². The minimum atomic E-state index is -0.296. The fraction of sp³-hybridized carbons (Fsp3) is 0.214. The number of amides is 2. The number of nitrogens with zero attached hydrogens (tertiary/aromatic N) is 1. The first-order chi connectivity index (χ1) is 17.4. The van der Waals surface area contributed by atoms with Gasteiger partial charge in [0.1, 0.15) is 6.61 Å².